The minimum absolute atomic E-state index is 0.0883. The summed E-state index contributed by atoms with van der Waals surface area (Å²) >= 11 is 0. The first-order chi connectivity index (χ1) is 28.6. The van der Waals surface area contributed by atoms with Gasteiger partial charge in [-0.15, -0.1) is 0 Å². The quantitative estimate of drug-likeness (QED) is 0.0303. The fourth-order valence-corrected chi connectivity index (χ4v) is 8.89. The fourth-order valence-electron chi connectivity index (χ4n) is 5.36. The van der Waals surface area contributed by atoms with Gasteiger partial charge >= 0.3 is 26.4 Å². The lowest BCUT2D eigenvalue weighted by Crippen LogP contribution is -2.53. The second-order valence-corrected chi connectivity index (χ2v) is 22.0. The summed E-state index contributed by atoms with van der Waals surface area (Å²) in [4.78, 5) is 104. The van der Waals surface area contributed by atoms with E-state index in [9.17, 15) is 48.0 Å². The summed E-state index contributed by atoms with van der Waals surface area (Å²) in [5, 5.41) is 8.09. The number of ketones is 1. The standard InChI is InChI=1S/C25H54N2O10Si2.C13H27NO7Si/c1-7-21(3)25(5,22(4)8-2)37-39(32,33)20-10-14-27-24(29)12-16-36-18-17-35-15-11-23(28)26-13-9-19-38(30,31)34-6;1-12(15)4-7-20-9-10-21-8-5-13(16)14-6-3-11-22(17,18)19-2/h21-22,30-33H,7-20H2,1-6H3,(H,26,28)(H,27,29);17-18H,3-11H2,1-2H3,(H,14,16). The van der Waals surface area contributed by atoms with Crippen molar-refractivity contribution in [2.24, 2.45) is 11.8 Å². The predicted octanol–water partition coefficient (Wildman–Crippen LogP) is 0.638. The minimum Gasteiger partial charge on any atom is -0.390 e. The summed E-state index contributed by atoms with van der Waals surface area (Å²) in [6.07, 6.45) is 4.01. The molecule has 2 atom stereocenters. The number of Topliss-reactive ketones (excluding diaryl/α,β-unsaturated/α-hetero) is 1. The number of carbonyl (C=O) groups excluding carboxylic acids is 4. The molecule has 0 bridgehead atoms. The highest BCUT2D eigenvalue weighted by molar-refractivity contribution is 6.58. The largest absolute Gasteiger partial charge is 0.495 e. The Balaban J connectivity index is 0. The molecule has 0 aromatic carbocycles. The van der Waals surface area contributed by atoms with E-state index >= 15 is 0 Å². The van der Waals surface area contributed by atoms with Gasteiger partial charge in [0.05, 0.1) is 58.5 Å². The van der Waals surface area contributed by atoms with E-state index in [1.54, 1.807) is 0 Å². The molecule has 0 radical (unpaired) electrons. The van der Waals surface area contributed by atoms with Gasteiger partial charge < -0.3 is 76.9 Å². The lowest BCUT2D eigenvalue weighted by molar-refractivity contribution is -0.123. The number of ether oxygens (including phenoxy) is 4. The Bertz CT molecular complexity index is 1160. The van der Waals surface area contributed by atoms with Crippen LogP contribution in [0.5, 0.6) is 0 Å². The molecule has 0 spiro atoms. The number of carbonyl (C=O) groups is 4. The van der Waals surface area contributed by atoms with Crippen molar-refractivity contribution in [2.75, 3.05) is 86.7 Å². The van der Waals surface area contributed by atoms with Crippen molar-refractivity contribution >= 4 is 49.9 Å². The van der Waals surface area contributed by atoms with Gasteiger partial charge in [-0.2, -0.15) is 0 Å². The van der Waals surface area contributed by atoms with Crippen LogP contribution >= 0.6 is 0 Å². The number of rotatable bonds is 38. The fraction of sp³-hybridized carbons (Fsp3) is 0.895. The molecule has 0 aromatic rings. The Morgan fingerprint density at radius 2 is 0.820 bits per heavy atom. The summed E-state index contributed by atoms with van der Waals surface area (Å²) in [6, 6.07) is 0.385. The van der Waals surface area contributed by atoms with Crippen LogP contribution in [0.3, 0.4) is 0 Å². The highest BCUT2D eigenvalue weighted by Crippen LogP contribution is 2.36. The summed E-state index contributed by atoms with van der Waals surface area (Å²) in [6.45, 7) is 15.2. The topological polar surface area (TPSA) is 290 Å². The Hall–Kier alpha value is -1.79. The zero-order chi connectivity index (χ0) is 46.8. The van der Waals surface area contributed by atoms with Gasteiger partial charge in [-0.3, -0.25) is 19.2 Å². The van der Waals surface area contributed by atoms with Crippen LogP contribution in [-0.2, 0) is 51.4 Å². The van der Waals surface area contributed by atoms with Crippen molar-refractivity contribution in [1.29, 1.82) is 0 Å². The van der Waals surface area contributed by atoms with Crippen LogP contribution in [0.2, 0.25) is 18.1 Å². The van der Waals surface area contributed by atoms with Gasteiger partial charge in [0.25, 0.3) is 0 Å². The molecule has 20 nitrogen and oxygen atoms in total. The molecule has 362 valence electrons. The molecule has 0 rings (SSSR count). The van der Waals surface area contributed by atoms with Gasteiger partial charge in [0, 0.05) is 77.7 Å². The highest BCUT2D eigenvalue weighted by atomic mass is 28.4. The summed E-state index contributed by atoms with van der Waals surface area (Å²) in [7, 11) is -8.46. The molecule has 0 aliphatic heterocycles. The van der Waals surface area contributed by atoms with Crippen molar-refractivity contribution in [1.82, 2.24) is 16.0 Å². The Kier molecular flexibility index (Phi) is 35.7. The van der Waals surface area contributed by atoms with E-state index in [0.29, 0.717) is 71.7 Å². The molecule has 9 N–H and O–H groups in total. The first kappa shape index (κ1) is 61.3. The molecule has 0 aliphatic rings. The first-order valence-electron chi connectivity index (χ1n) is 21.3. The van der Waals surface area contributed by atoms with Crippen LogP contribution in [0.4, 0.5) is 0 Å². The van der Waals surface area contributed by atoms with E-state index in [2.05, 4.69) is 52.5 Å². The molecule has 0 aromatic heterocycles. The van der Waals surface area contributed by atoms with Crippen molar-refractivity contribution in [2.45, 2.75) is 123 Å². The summed E-state index contributed by atoms with van der Waals surface area (Å²) < 4.78 is 36.3. The van der Waals surface area contributed by atoms with Gasteiger partial charge in [0.1, 0.15) is 5.78 Å². The molecule has 0 saturated heterocycles. The van der Waals surface area contributed by atoms with Crippen LogP contribution in [0.1, 0.15) is 99.3 Å². The number of hydrogen-bond donors (Lipinski definition) is 9. The third-order valence-corrected chi connectivity index (χ3v) is 15.1. The zero-order valence-electron chi connectivity index (χ0n) is 38.1. The molecule has 23 heteroatoms. The molecule has 2 unspecified atom stereocenters. The lowest BCUT2D eigenvalue weighted by Gasteiger charge is -2.43. The van der Waals surface area contributed by atoms with Crippen molar-refractivity contribution in [3.05, 3.63) is 0 Å². The van der Waals surface area contributed by atoms with Crippen molar-refractivity contribution < 1.29 is 80.2 Å². The first-order valence-corrected chi connectivity index (χ1v) is 27.4. The van der Waals surface area contributed by atoms with Crippen LogP contribution in [-0.4, -0.2) is 171 Å². The molecular formula is C38H81N3O17Si3. The van der Waals surface area contributed by atoms with E-state index < -0.39 is 32.0 Å². The van der Waals surface area contributed by atoms with Crippen LogP contribution in [0.25, 0.3) is 0 Å². The lowest BCUT2D eigenvalue weighted by atomic mass is 9.78. The van der Waals surface area contributed by atoms with E-state index in [1.165, 1.54) is 21.1 Å². The monoisotopic (exact) mass is 935 g/mol. The highest BCUT2D eigenvalue weighted by Gasteiger charge is 2.45. The third-order valence-electron chi connectivity index (χ3n) is 9.99. The van der Waals surface area contributed by atoms with E-state index in [4.69, 9.17) is 23.4 Å². The third kappa shape index (κ3) is 35.3. The Morgan fingerprint density at radius 3 is 1.10 bits per heavy atom. The molecule has 0 saturated carbocycles. The smallest absolute Gasteiger partial charge is 0.390 e. The predicted molar refractivity (Wildman–Crippen MR) is 233 cm³/mol. The summed E-state index contributed by atoms with van der Waals surface area (Å²) in [5.41, 5.74) is -0.613. The van der Waals surface area contributed by atoms with Crippen LogP contribution < -0.4 is 16.0 Å². The number of hydrogen-bond acceptors (Lipinski definition) is 17. The number of nitrogens with one attached hydrogen (secondary N) is 3. The SMILES string of the molecule is CCC(C)C(C)(O[Si](O)(O)CCCNC(=O)CCOCCOCCC(=O)NCCC[Si](O)(O)OC)C(C)CC.CO[Si](O)(O)CCCNC(=O)CCOCCOCCC(C)=O. The van der Waals surface area contributed by atoms with Crippen LogP contribution in [0, 0.1) is 11.8 Å². The molecule has 0 heterocycles. The maximum Gasteiger partial charge on any atom is 0.495 e. The van der Waals surface area contributed by atoms with E-state index in [-0.39, 0.29) is 99.2 Å². The average molecular weight is 936 g/mol. The average Bonchev–Trinajstić information content (AvgIpc) is 3.20. The molecular weight excluding hydrogens is 855 g/mol. The van der Waals surface area contributed by atoms with Crippen LogP contribution in [0.15, 0.2) is 0 Å². The van der Waals surface area contributed by atoms with Gasteiger partial charge in [-0.05, 0) is 44.9 Å². The van der Waals surface area contributed by atoms with Gasteiger partial charge in [-0.25, -0.2) is 0 Å². The van der Waals surface area contributed by atoms with E-state index in [1.807, 2.05) is 6.92 Å². The normalized spacial score (nSPS) is 14.0. The molecule has 0 fully saturated rings. The van der Waals surface area contributed by atoms with Gasteiger partial charge in [0.2, 0.25) is 17.7 Å². The molecule has 61 heavy (non-hydrogen) atoms. The Labute approximate surface area is 366 Å². The summed E-state index contributed by atoms with van der Waals surface area (Å²) in [5.74, 6) is -0.0866. The maximum atomic E-state index is 12.0. The second kappa shape index (κ2) is 35.5. The molecule has 0 aliphatic carbocycles. The zero-order valence-corrected chi connectivity index (χ0v) is 41.1. The van der Waals surface area contributed by atoms with Gasteiger partial charge in [-0.1, -0.05) is 40.5 Å². The van der Waals surface area contributed by atoms with Crippen molar-refractivity contribution in [3.8, 4) is 0 Å². The van der Waals surface area contributed by atoms with Crippen molar-refractivity contribution in [3.63, 3.8) is 0 Å². The number of amides is 3. The molecule has 3 amide bonds. The minimum atomic E-state index is -3.88. The van der Waals surface area contributed by atoms with Gasteiger partial charge in [0.15, 0.2) is 0 Å². The maximum absolute atomic E-state index is 12.0. The Morgan fingerprint density at radius 1 is 0.525 bits per heavy atom. The second-order valence-electron chi connectivity index (χ2n) is 15.1. The van der Waals surface area contributed by atoms with E-state index in [0.717, 1.165) is 12.8 Å².